The third-order valence-electron chi connectivity index (χ3n) is 3.48. The van der Waals surface area contributed by atoms with Crippen molar-refractivity contribution in [1.29, 1.82) is 0 Å². The lowest BCUT2D eigenvalue weighted by Gasteiger charge is -2.08. The molecular weight excluding hydrogens is 305 g/mol. The molecule has 0 bridgehead atoms. The number of halogens is 1. The summed E-state index contributed by atoms with van der Waals surface area (Å²) in [6.07, 6.45) is 0. The predicted molar refractivity (Wildman–Crippen MR) is 92.0 cm³/mol. The molecule has 3 aromatic rings. The fourth-order valence-corrected chi connectivity index (χ4v) is 2.15. The summed E-state index contributed by atoms with van der Waals surface area (Å²) in [6, 6.07) is 20.2. The number of carbonyl (C=O) groups is 1. The molecule has 4 heteroatoms. The second-order valence-corrected chi connectivity index (χ2v) is 5.40. The van der Waals surface area contributed by atoms with E-state index in [0.29, 0.717) is 17.0 Å². The molecule has 0 saturated heterocycles. The van der Waals surface area contributed by atoms with Crippen LogP contribution in [0.3, 0.4) is 0 Å². The van der Waals surface area contributed by atoms with Gasteiger partial charge < -0.3 is 10.1 Å². The van der Waals surface area contributed by atoms with Crippen LogP contribution in [-0.2, 0) is 0 Å². The first kappa shape index (κ1) is 15.7. The van der Waals surface area contributed by atoms with Crippen molar-refractivity contribution in [3.05, 3.63) is 89.7 Å². The van der Waals surface area contributed by atoms with E-state index < -0.39 is 0 Å². The lowest BCUT2D eigenvalue weighted by molar-refractivity contribution is 0.102. The summed E-state index contributed by atoms with van der Waals surface area (Å²) in [5.74, 6) is 0.787. The highest BCUT2D eigenvalue weighted by Gasteiger charge is 2.07. The number of rotatable bonds is 4. The number of nitrogens with one attached hydrogen (secondary N) is 1. The zero-order valence-corrected chi connectivity index (χ0v) is 13.1. The van der Waals surface area contributed by atoms with Crippen LogP contribution in [0.2, 0.25) is 0 Å². The summed E-state index contributed by atoms with van der Waals surface area (Å²) in [7, 11) is 0. The molecule has 0 atom stereocenters. The zero-order chi connectivity index (χ0) is 16.9. The molecule has 120 valence electrons. The van der Waals surface area contributed by atoms with Gasteiger partial charge in [-0.25, -0.2) is 4.39 Å². The van der Waals surface area contributed by atoms with Crippen LogP contribution in [-0.4, -0.2) is 5.91 Å². The van der Waals surface area contributed by atoms with Gasteiger partial charge in [-0.1, -0.05) is 17.7 Å². The van der Waals surface area contributed by atoms with E-state index in [2.05, 4.69) is 5.32 Å². The number of carbonyl (C=O) groups excluding carboxylic acids is 1. The highest BCUT2D eigenvalue weighted by atomic mass is 19.1. The van der Waals surface area contributed by atoms with Crippen LogP contribution in [0.1, 0.15) is 15.9 Å². The largest absolute Gasteiger partial charge is 0.457 e. The summed E-state index contributed by atoms with van der Waals surface area (Å²) < 4.78 is 18.6. The van der Waals surface area contributed by atoms with Crippen LogP contribution in [0.15, 0.2) is 72.8 Å². The fraction of sp³-hybridized carbons (Fsp3) is 0.0500. The first-order chi connectivity index (χ1) is 11.6. The topological polar surface area (TPSA) is 38.3 Å². The van der Waals surface area contributed by atoms with Gasteiger partial charge in [-0.15, -0.1) is 0 Å². The Morgan fingerprint density at radius 3 is 1.96 bits per heavy atom. The van der Waals surface area contributed by atoms with Gasteiger partial charge in [0.2, 0.25) is 0 Å². The minimum absolute atomic E-state index is 0.261. The van der Waals surface area contributed by atoms with E-state index >= 15 is 0 Å². The molecule has 0 aliphatic rings. The number of amides is 1. The van der Waals surface area contributed by atoms with Crippen molar-refractivity contribution in [2.45, 2.75) is 6.92 Å². The summed E-state index contributed by atoms with van der Waals surface area (Å²) in [4.78, 5) is 12.2. The number of hydrogen-bond donors (Lipinski definition) is 1. The Labute approximate surface area is 139 Å². The molecule has 0 heterocycles. The Morgan fingerprint density at radius 2 is 1.38 bits per heavy atom. The number of hydrogen-bond acceptors (Lipinski definition) is 2. The van der Waals surface area contributed by atoms with Crippen LogP contribution in [0, 0.1) is 12.7 Å². The first-order valence-electron chi connectivity index (χ1n) is 7.52. The summed E-state index contributed by atoms with van der Waals surface area (Å²) >= 11 is 0. The van der Waals surface area contributed by atoms with E-state index in [-0.39, 0.29) is 11.7 Å². The highest BCUT2D eigenvalue weighted by molar-refractivity contribution is 6.04. The average molecular weight is 321 g/mol. The quantitative estimate of drug-likeness (QED) is 0.719. The lowest BCUT2D eigenvalue weighted by Crippen LogP contribution is -2.11. The third kappa shape index (κ3) is 3.98. The van der Waals surface area contributed by atoms with Crippen LogP contribution >= 0.6 is 0 Å². The minimum atomic E-state index is -0.342. The van der Waals surface area contributed by atoms with E-state index in [1.165, 1.54) is 24.3 Å². The number of benzene rings is 3. The van der Waals surface area contributed by atoms with Crippen molar-refractivity contribution in [3.8, 4) is 11.5 Å². The molecule has 0 spiro atoms. The molecule has 3 aromatic carbocycles. The molecule has 0 aliphatic carbocycles. The molecule has 0 saturated carbocycles. The van der Waals surface area contributed by atoms with Crippen molar-refractivity contribution in [2.24, 2.45) is 0 Å². The highest BCUT2D eigenvalue weighted by Crippen LogP contribution is 2.22. The van der Waals surface area contributed by atoms with Crippen LogP contribution in [0.25, 0.3) is 0 Å². The lowest BCUT2D eigenvalue weighted by atomic mass is 10.2. The van der Waals surface area contributed by atoms with Gasteiger partial charge in [0.25, 0.3) is 5.91 Å². The van der Waals surface area contributed by atoms with Gasteiger partial charge in [-0.3, -0.25) is 4.79 Å². The molecule has 0 aliphatic heterocycles. The van der Waals surface area contributed by atoms with Gasteiger partial charge in [0.15, 0.2) is 0 Å². The van der Waals surface area contributed by atoms with E-state index in [4.69, 9.17) is 4.74 Å². The molecule has 0 unspecified atom stereocenters. The van der Waals surface area contributed by atoms with E-state index in [9.17, 15) is 9.18 Å². The van der Waals surface area contributed by atoms with Crippen LogP contribution in [0.5, 0.6) is 11.5 Å². The summed E-state index contributed by atoms with van der Waals surface area (Å²) in [6.45, 7) is 2.01. The van der Waals surface area contributed by atoms with Crippen molar-refractivity contribution >= 4 is 11.6 Å². The smallest absolute Gasteiger partial charge is 0.255 e. The molecule has 24 heavy (non-hydrogen) atoms. The van der Waals surface area contributed by atoms with Crippen molar-refractivity contribution in [1.82, 2.24) is 0 Å². The van der Waals surface area contributed by atoms with Gasteiger partial charge in [-0.05, 0) is 67.6 Å². The van der Waals surface area contributed by atoms with E-state index in [0.717, 1.165) is 11.3 Å². The maximum absolute atomic E-state index is 12.9. The molecule has 0 fully saturated rings. The molecular formula is C20H16FNO2. The van der Waals surface area contributed by atoms with Gasteiger partial charge >= 0.3 is 0 Å². The van der Waals surface area contributed by atoms with E-state index in [1.807, 2.05) is 31.2 Å². The SMILES string of the molecule is Cc1ccc(Oc2ccc(C(=O)Nc3ccc(F)cc3)cc2)cc1. The Balaban J connectivity index is 1.66. The van der Waals surface area contributed by atoms with Crippen LogP contribution < -0.4 is 10.1 Å². The zero-order valence-electron chi connectivity index (χ0n) is 13.1. The Hall–Kier alpha value is -3.14. The monoisotopic (exact) mass is 321 g/mol. The standard InChI is InChI=1S/C20H16FNO2/c1-14-2-10-18(11-3-14)24-19-12-4-15(5-13-19)20(23)22-17-8-6-16(21)7-9-17/h2-13H,1H3,(H,22,23). The number of ether oxygens (including phenoxy) is 1. The van der Waals surface area contributed by atoms with Gasteiger partial charge in [-0.2, -0.15) is 0 Å². The van der Waals surface area contributed by atoms with Crippen LogP contribution in [0.4, 0.5) is 10.1 Å². The third-order valence-corrected chi connectivity index (χ3v) is 3.48. The Kier molecular flexibility index (Phi) is 4.57. The van der Waals surface area contributed by atoms with Crippen molar-refractivity contribution in [2.75, 3.05) is 5.32 Å². The molecule has 0 aromatic heterocycles. The first-order valence-corrected chi connectivity index (χ1v) is 7.52. The maximum atomic E-state index is 12.9. The summed E-state index contributed by atoms with van der Waals surface area (Å²) in [5.41, 5.74) is 2.20. The maximum Gasteiger partial charge on any atom is 0.255 e. The minimum Gasteiger partial charge on any atom is -0.457 e. The fourth-order valence-electron chi connectivity index (χ4n) is 2.15. The Bertz CT molecular complexity index is 825. The number of aryl methyl sites for hydroxylation is 1. The summed E-state index contributed by atoms with van der Waals surface area (Å²) in [5, 5.41) is 2.71. The van der Waals surface area contributed by atoms with E-state index in [1.54, 1.807) is 24.3 Å². The van der Waals surface area contributed by atoms with Gasteiger partial charge in [0, 0.05) is 11.3 Å². The number of anilines is 1. The molecule has 1 amide bonds. The molecule has 3 nitrogen and oxygen atoms in total. The second-order valence-electron chi connectivity index (χ2n) is 5.40. The Morgan fingerprint density at radius 1 is 0.833 bits per heavy atom. The second kappa shape index (κ2) is 6.96. The van der Waals surface area contributed by atoms with Crippen molar-refractivity contribution in [3.63, 3.8) is 0 Å². The normalized spacial score (nSPS) is 10.2. The molecule has 3 rings (SSSR count). The van der Waals surface area contributed by atoms with Gasteiger partial charge in [0.1, 0.15) is 17.3 Å². The molecule has 0 radical (unpaired) electrons. The predicted octanol–water partition coefficient (Wildman–Crippen LogP) is 5.18. The molecule has 1 N–H and O–H groups in total. The average Bonchev–Trinajstić information content (AvgIpc) is 2.59. The van der Waals surface area contributed by atoms with Crippen molar-refractivity contribution < 1.29 is 13.9 Å². The van der Waals surface area contributed by atoms with Gasteiger partial charge in [0.05, 0.1) is 0 Å².